The molecule has 0 saturated heterocycles. The van der Waals surface area contributed by atoms with Gasteiger partial charge < -0.3 is 15.4 Å². The molecule has 0 aromatic heterocycles. The number of ether oxygens (including phenoxy) is 1. The quantitative estimate of drug-likeness (QED) is 0.479. The number of aliphatic imine (C=N–C) groups is 1. The summed E-state index contributed by atoms with van der Waals surface area (Å²) in [6.45, 7) is 0. The molecule has 6 rings (SSSR count). The van der Waals surface area contributed by atoms with Gasteiger partial charge in [-0.2, -0.15) is 0 Å². The van der Waals surface area contributed by atoms with E-state index in [-0.39, 0.29) is 35.8 Å². The Hall–Kier alpha value is -1.68. The average Bonchev–Trinajstić information content (AvgIpc) is 3.57. The monoisotopic (exact) mass is 592 g/mol. The van der Waals surface area contributed by atoms with E-state index in [9.17, 15) is 17.6 Å². The van der Waals surface area contributed by atoms with Crippen molar-refractivity contribution in [1.82, 2.24) is 14.9 Å². The van der Waals surface area contributed by atoms with Crippen LogP contribution in [0.3, 0.4) is 0 Å². The molecule has 230 valence electrons. The third-order valence-corrected chi connectivity index (χ3v) is 12.8. The SMILES string of the molecule is CNC(=O)C1=C(C2CCC(F)CC2)OC2CC(N(C)S(C)(=O)=O)C(C3CCC4N=C(C5CCCCC5)NC4C3)CC12. The Morgan fingerprint density at radius 1 is 1.00 bits per heavy atom. The first-order valence-corrected chi connectivity index (χ1v) is 18.0. The van der Waals surface area contributed by atoms with E-state index in [1.807, 2.05) is 0 Å². The van der Waals surface area contributed by atoms with Crippen molar-refractivity contribution in [2.45, 2.75) is 120 Å². The number of likely N-dealkylation sites (N-methyl/N-ethyl adjacent to an activating group) is 1. The number of allylic oxidation sites excluding steroid dienone is 1. The summed E-state index contributed by atoms with van der Waals surface area (Å²) < 4.78 is 47.9. The number of amidine groups is 1. The van der Waals surface area contributed by atoms with Gasteiger partial charge in [0.1, 0.15) is 23.9 Å². The van der Waals surface area contributed by atoms with Gasteiger partial charge in [0.2, 0.25) is 10.0 Å². The maximum atomic E-state index is 14.0. The summed E-state index contributed by atoms with van der Waals surface area (Å²) in [5.41, 5.74) is 0.737. The van der Waals surface area contributed by atoms with Gasteiger partial charge in [-0.1, -0.05) is 19.3 Å². The molecule has 2 aliphatic heterocycles. The Bertz CT molecular complexity index is 1160. The molecular weight excluding hydrogens is 543 g/mol. The number of carbonyl (C=O) groups is 1. The van der Waals surface area contributed by atoms with E-state index in [2.05, 4.69) is 10.6 Å². The molecule has 7 unspecified atom stereocenters. The molecule has 10 heteroatoms. The fraction of sp³-hybridized carbons (Fsp3) is 0.871. The van der Waals surface area contributed by atoms with E-state index in [0.717, 1.165) is 37.0 Å². The van der Waals surface area contributed by atoms with Gasteiger partial charge in [-0.05, 0) is 76.0 Å². The van der Waals surface area contributed by atoms with Gasteiger partial charge in [0.15, 0.2) is 0 Å². The molecule has 4 saturated carbocycles. The molecule has 0 spiro atoms. The van der Waals surface area contributed by atoms with Crippen molar-refractivity contribution < 1.29 is 22.3 Å². The van der Waals surface area contributed by atoms with Crippen LogP contribution >= 0.6 is 0 Å². The first kappa shape index (κ1) is 29.4. The summed E-state index contributed by atoms with van der Waals surface area (Å²) in [6, 6.07) is 0.451. The molecule has 8 nitrogen and oxygen atoms in total. The molecular formula is C31H49FN4O4S. The number of halogens is 1. The molecule has 1 amide bonds. The van der Waals surface area contributed by atoms with Crippen molar-refractivity contribution in [3.63, 3.8) is 0 Å². The molecule has 41 heavy (non-hydrogen) atoms. The second-order valence-corrected chi connectivity index (χ2v) is 15.8. The van der Waals surface area contributed by atoms with Gasteiger partial charge in [0, 0.05) is 50.4 Å². The lowest BCUT2D eigenvalue weighted by Gasteiger charge is -2.47. The van der Waals surface area contributed by atoms with E-state index < -0.39 is 16.2 Å². The van der Waals surface area contributed by atoms with Crippen LogP contribution in [0.5, 0.6) is 0 Å². The number of nitrogens with zero attached hydrogens (tertiary/aromatic N) is 2. The first-order chi connectivity index (χ1) is 19.6. The predicted molar refractivity (Wildman–Crippen MR) is 157 cm³/mol. The van der Waals surface area contributed by atoms with Crippen molar-refractivity contribution in [3.8, 4) is 0 Å². The Morgan fingerprint density at radius 2 is 1.73 bits per heavy atom. The predicted octanol–water partition coefficient (Wildman–Crippen LogP) is 4.32. The van der Waals surface area contributed by atoms with Crippen LogP contribution in [0, 0.1) is 29.6 Å². The van der Waals surface area contributed by atoms with Crippen LogP contribution in [0.1, 0.15) is 89.9 Å². The van der Waals surface area contributed by atoms with Gasteiger partial charge >= 0.3 is 0 Å². The zero-order chi connectivity index (χ0) is 28.9. The average molecular weight is 593 g/mol. The van der Waals surface area contributed by atoms with E-state index in [0.29, 0.717) is 56.0 Å². The fourth-order valence-electron chi connectivity index (χ4n) is 9.13. The van der Waals surface area contributed by atoms with Crippen LogP contribution in [-0.2, 0) is 19.6 Å². The standard InChI is InChI=1S/C31H49FN4O4S/c1-33-31(37)28-23-16-22(20-11-14-24-25(15-20)35-30(34-24)19-7-5-4-6-8-19)26(36(2)41(3,38)39)17-27(23)40-29(28)18-9-12-21(32)13-10-18/h18-27H,4-17H2,1-3H3,(H,33,37)(H,34,35). The van der Waals surface area contributed by atoms with E-state index >= 15 is 0 Å². The van der Waals surface area contributed by atoms with E-state index in [1.54, 1.807) is 18.4 Å². The van der Waals surface area contributed by atoms with E-state index in [4.69, 9.17) is 9.73 Å². The number of fused-ring (bicyclic) bond motifs is 2. The zero-order valence-corrected chi connectivity index (χ0v) is 25.8. The summed E-state index contributed by atoms with van der Waals surface area (Å²) in [7, 11) is -0.0395. The van der Waals surface area contributed by atoms with Crippen LogP contribution < -0.4 is 10.6 Å². The van der Waals surface area contributed by atoms with Crippen molar-refractivity contribution in [2.24, 2.45) is 34.6 Å². The smallest absolute Gasteiger partial charge is 0.250 e. The van der Waals surface area contributed by atoms with Crippen molar-refractivity contribution in [1.29, 1.82) is 0 Å². The normalized spacial score (nSPS) is 39.9. The van der Waals surface area contributed by atoms with Gasteiger partial charge in [0.05, 0.1) is 17.9 Å². The molecule has 0 aromatic carbocycles. The Balaban J connectivity index is 1.25. The Morgan fingerprint density at radius 3 is 2.41 bits per heavy atom. The van der Waals surface area contributed by atoms with Gasteiger partial charge in [-0.15, -0.1) is 0 Å². The molecule has 7 atom stereocenters. The number of alkyl halides is 1. The molecule has 6 aliphatic rings. The highest BCUT2D eigenvalue weighted by Gasteiger charge is 2.53. The third kappa shape index (κ3) is 5.80. The Labute approximate surface area is 245 Å². The number of carbonyl (C=O) groups excluding carboxylic acids is 1. The highest BCUT2D eigenvalue weighted by atomic mass is 32.2. The summed E-state index contributed by atoms with van der Waals surface area (Å²) in [4.78, 5) is 18.5. The number of sulfonamides is 1. The van der Waals surface area contributed by atoms with Crippen molar-refractivity contribution in [2.75, 3.05) is 20.4 Å². The number of nitrogens with one attached hydrogen (secondary N) is 2. The third-order valence-electron chi connectivity index (χ3n) is 11.4. The summed E-state index contributed by atoms with van der Waals surface area (Å²) in [5, 5.41) is 6.69. The van der Waals surface area contributed by atoms with Gasteiger partial charge in [-0.25, -0.2) is 17.1 Å². The highest BCUT2D eigenvalue weighted by molar-refractivity contribution is 7.88. The lowest BCUT2D eigenvalue weighted by atomic mass is 9.64. The van der Waals surface area contributed by atoms with Crippen LogP contribution in [0.4, 0.5) is 4.39 Å². The summed E-state index contributed by atoms with van der Waals surface area (Å²) >= 11 is 0. The lowest BCUT2D eigenvalue weighted by molar-refractivity contribution is -0.117. The van der Waals surface area contributed by atoms with Crippen LogP contribution in [0.15, 0.2) is 16.3 Å². The minimum Gasteiger partial charge on any atom is -0.493 e. The van der Waals surface area contributed by atoms with E-state index in [1.165, 1.54) is 44.2 Å². The van der Waals surface area contributed by atoms with Crippen LogP contribution in [0.2, 0.25) is 0 Å². The summed E-state index contributed by atoms with van der Waals surface area (Å²) in [6.07, 6.45) is 13.3. The maximum Gasteiger partial charge on any atom is 0.250 e. The highest BCUT2D eigenvalue weighted by Crippen LogP contribution is 2.52. The largest absolute Gasteiger partial charge is 0.493 e. The molecule has 0 aromatic rings. The number of hydrogen-bond donors (Lipinski definition) is 2. The molecule has 4 fully saturated rings. The molecule has 2 N–H and O–H groups in total. The van der Waals surface area contributed by atoms with Crippen LogP contribution in [-0.4, -0.2) is 75.2 Å². The zero-order valence-electron chi connectivity index (χ0n) is 25.0. The Kier molecular flexibility index (Phi) is 8.44. The summed E-state index contributed by atoms with van der Waals surface area (Å²) in [5.74, 6) is 2.89. The number of rotatable bonds is 6. The number of hydrogen-bond acceptors (Lipinski definition) is 6. The number of amides is 1. The molecule has 0 radical (unpaired) electrons. The van der Waals surface area contributed by atoms with Crippen LogP contribution in [0.25, 0.3) is 0 Å². The van der Waals surface area contributed by atoms with Crippen molar-refractivity contribution >= 4 is 21.8 Å². The van der Waals surface area contributed by atoms with Gasteiger partial charge in [0.25, 0.3) is 5.91 Å². The molecule has 2 heterocycles. The second kappa shape index (κ2) is 11.8. The lowest BCUT2D eigenvalue weighted by Crippen LogP contribution is -2.53. The molecule has 0 bridgehead atoms. The first-order valence-electron chi connectivity index (χ1n) is 16.2. The fourth-order valence-corrected chi connectivity index (χ4v) is 9.86. The maximum absolute atomic E-state index is 14.0. The van der Waals surface area contributed by atoms with Gasteiger partial charge in [-0.3, -0.25) is 9.79 Å². The second-order valence-electron chi connectivity index (χ2n) is 13.8. The molecule has 4 aliphatic carbocycles. The minimum atomic E-state index is -3.41. The minimum absolute atomic E-state index is 0.0536. The van der Waals surface area contributed by atoms with Crippen molar-refractivity contribution in [3.05, 3.63) is 11.3 Å². The topological polar surface area (TPSA) is 100 Å².